The van der Waals surface area contributed by atoms with E-state index in [9.17, 15) is 23.3 Å². The van der Waals surface area contributed by atoms with Crippen LogP contribution in [0.4, 0.5) is 13.2 Å². The van der Waals surface area contributed by atoms with Crippen molar-refractivity contribution in [3.05, 3.63) is 39.7 Å². The molecule has 1 aliphatic rings. The van der Waals surface area contributed by atoms with Crippen LogP contribution in [0.15, 0.2) is 18.3 Å². The van der Waals surface area contributed by atoms with Gasteiger partial charge in [-0.25, -0.2) is 0 Å². The molecule has 2 heterocycles. The van der Waals surface area contributed by atoms with Crippen LogP contribution in [0.5, 0.6) is 0 Å². The van der Waals surface area contributed by atoms with E-state index in [4.69, 9.17) is 0 Å². The van der Waals surface area contributed by atoms with Gasteiger partial charge in [-0.05, 0) is 18.7 Å². The van der Waals surface area contributed by atoms with Gasteiger partial charge in [-0.3, -0.25) is 20.0 Å². The van der Waals surface area contributed by atoms with Crippen LogP contribution in [0.25, 0.3) is 0 Å². The molecule has 0 aliphatic carbocycles. The van der Waals surface area contributed by atoms with Crippen molar-refractivity contribution in [1.82, 2.24) is 9.88 Å². The van der Waals surface area contributed by atoms with Gasteiger partial charge in [0.15, 0.2) is 0 Å². The van der Waals surface area contributed by atoms with Crippen LogP contribution in [0.2, 0.25) is 0 Å². The lowest BCUT2D eigenvalue weighted by Gasteiger charge is -2.13. The molecule has 2 atom stereocenters. The summed E-state index contributed by atoms with van der Waals surface area (Å²) in [5.74, 6) is -0.421. The average Bonchev–Trinajstić information content (AvgIpc) is 2.70. The molecule has 19 heavy (non-hydrogen) atoms. The summed E-state index contributed by atoms with van der Waals surface area (Å²) < 4.78 is 37.2. The molecule has 0 amide bonds. The molecule has 0 bridgehead atoms. The highest BCUT2D eigenvalue weighted by Gasteiger charge is 2.41. The Hall–Kier alpha value is -1.70. The second-order valence-corrected chi connectivity index (χ2v) is 4.65. The van der Waals surface area contributed by atoms with Crippen molar-refractivity contribution < 1.29 is 18.1 Å². The number of alkyl halides is 3. The van der Waals surface area contributed by atoms with Gasteiger partial charge in [0.05, 0.1) is 12.5 Å². The number of hydrogen-bond donors (Lipinski definition) is 0. The lowest BCUT2D eigenvalue weighted by atomic mass is 9.96. The van der Waals surface area contributed by atoms with Gasteiger partial charge in [0.2, 0.25) is 6.04 Å². The molecule has 104 valence electrons. The summed E-state index contributed by atoms with van der Waals surface area (Å²) in [7, 11) is 1.74. The maximum atomic E-state index is 12.4. The molecule has 0 spiro atoms. The number of nitrogens with zero attached hydrogens (tertiary/aromatic N) is 3. The van der Waals surface area contributed by atoms with Gasteiger partial charge in [-0.2, -0.15) is 13.2 Å². The first-order valence-corrected chi connectivity index (χ1v) is 5.64. The number of rotatable bonds is 2. The fourth-order valence-electron chi connectivity index (χ4n) is 2.31. The van der Waals surface area contributed by atoms with Crippen LogP contribution in [-0.2, 0) is 6.18 Å². The topological polar surface area (TPSA) is 59.3 Å². The van der Waals surface area contributed by atoms with E-state index >= 15 is 0 Å². The van der Waals surface area contributed by atoms with E-state index < -0.39 is 23.8 Å². The predicted octanol–water partition coefficient (Wildman–Crippen LogP) is 1.77. The second kappa shape index (κ2) is 4.76. The first-order chi connectivity index (χ1) is 8.79. The zero-order valence-electron chi connectivity index (χ0n) is 10.1. The standard InChI is InChI=1S/C11H12F3N3O2/c1-16-5-8(9(6-16)17(18)19)7-2-3-10(15-4-7)11(12,13)14/h2-4,8-9H,5-6H2,1H3. The molecule has 1 fully saturated rings. The smallest absolute Gasteiger partial charge is 0.299 e. The van der Waals surface area contributed by atoms with Crippen molar-refractivity contribution in [2.24, 2.45) is 0 Å². The fourth-order valence-corrected chi connectivity index (χ4v) is 2.31. The van der Waals surface area contributed by atoms with E-state index in [0.29, 0.717) is 18.7 Å². The van der Waals surface area contributed by atoms with Gasteiger partial charge in [0.1, 0.15) is 5.69 Å². The summed E-state index contributed by atoms with van der Waals surface area (Å²) >= 11 is 0. The SMILES string of the molecule is CN1CC(c2ccc(C(F)(F)F)nc2)C([N+](=O)[O-])C1. The van der Waals surface area contributed by atoms with E-state index in [0.717, 1.165) is 12.3 Å². The van der Waals surface area contributed by atoms with Crippen LogP contribution in [0, 0.1) is 10.1 Å². The Morgan fingerprint density at radius 3 is 2.58 bits per heavy atom. The minimum absolute atomic E-state index is 0.290. The Bertz CT molecular complexity index is 475. The fraction of sp³-hybridized carbons (Fsp3) is 0.545. The van der Waals surface area contributed by atoms with E-state index in [-0.39, 0.29) is 4.92 Å². The number of nitro groups is 1. The number of hydrogen-bond acceptors (Lipinski definition) is 4. The number of aromatic nitrogens is 1. The number of pyridine rings is 1. The zero-order valence-corrected chi connectivity index (χ0v) is 10.1. The van der Waals surface area contributed by atoms with E-state index in [1.807, 2.05) is 0 Å². The van der Waals surface area contributed by atoms with Gasteiger partial charge >= 0.3 is 6.18 Å². The van der Waals surface area contributed by atoms with Crippen molar-refractivity contribution in [2.45, 2.75) is 18.1 Å². The predicted molar refractivity (Wildman–Crippen MR) is 60.3 cm³/mol. The molecule has 0 saturated carbocycles. The van der Waals surface area contributed by atoms with Gasteiger partial charge in [-0.15, -0.1) is 0 Å². The van der Waals surface area contributed by atoms with Crippen molar-refractivity contribution in [3.63, 3.8) is 0 Å². The molecule has 0 aromatic carbocycles. The molecule has 0 N–H and O–H groups in total. The Labute approximate surface area is 107 Å². The lowest BCUT2D eigenvalue weighted by Crippen LogP contribution is -2.27. The third-order valence-electron chi connectivity index (χ3n) is 3.25. The molecule has 5 nitrogen and oxygen atoms in total. The molecular weight excluding hydrogens is 263 g/mol. The largest absolute Gasteiger partial charge is 0.433 e. The van der Waals surface area contributed by atoms with Gasteiger partial charge in [0.25, 0.3) is 0 Å². The van der Waals surface area contributed by atoms with Crippen LogP contribution in [0.3, 0.4) is 0 Å². The number of likely N-dealkylation sites (tertiary alicyclic amines) is 1. The van der Waals surface area contributed by atoms with Gasteiger partial charge in [-0.1, -0.05) is 6.07 Å². The Morgan fingerprint density at radius 1 is 1.42 bits per heavy atom. The van der Waals surface area contributed by atoms with Gasteiger partial charge < -0.3 is 0 Å². The molecule has 1 aromatic rings. The summed E-state index contributed by atoms with van der Waals surface area (Å²) in [6.07, 6.45) is -3.41. The molecule has 1 aliphatic heterocycles. The van der Waals surface area contributed by atoms with Crippen molar-refractivity contribution in [3.8, 4) is 0 Å². The lowest BCUT2D eigenvalue weighted by molar-refractivity contribution is -0.521. The zero-order chi connectivity index (χ0) is 14.2. The molecule has 1 saturated heterocycles. The maximum Gasteiger partial charge on any atom is 0.433 e. The number of likely N-dealkylation sites (N-methyl/N-ethyl adjacent to an activating group) is 1. The first kappa shape index (κ1) is 13.7. The first-order valence-electron chi connectivity index (χ1n) is 5.64. The summed E-state index contributed by atoms with van der Waals surface area (Å²) in [6, 6.07) is 1.34. The summed E-state index contributed by atoms with van der Waals surface area (Å²) in [5, 5.41) is 10.9. The molecule has 1 aromatic heterocycles. The minimum Gasteiger partial charge on any atom is -0.299 e. The van der Waals surface area contributed by atoms with E-state index in [1.54, 1.807) is 11.9 Å². The monoisotopic (exact) mass is 275 g/mol. The third-order valence-corrected chi connectivity index (χ3v) is 3.25. The maximum absolute atomic E-state index is 12.4. The summed E-state index contributed by atoms with van der Waals surface area (Å²) in [4.78, 5) is 15.7. The molecule has 2 unspecified atom stereocenters. The highest BCUT2D eigenvalue weighted by atomic mass is 19.4. The highest BCUT2D eigenvalue weighted by Crippen LogP contribution is 2.31. The minimum atomic E-state index is -4.49. The Morgan fingerprint density at radius 2 is 2.11 bits per heavy atom. The molecule has 0 radical (unpaired) electrons. The normalized spacial score (nSPS) is 24.6. The van der Waals surface area contributed by atoms with E-state index in [1.165, 1.54) is 6.07 Å². The van der Waals surface area contributed by atoms with Crippen LogP contribution in [-0.4, -0.2) is 41.0 Å². The Kier molecular flexibility index (Phi) is 3.44. The molecular formula is C11H12F3N3O2. The summed E-state index contributed by atoms with van der Waals surface area (Å²) in [6.45, 7) is 0.734. The summed E-state index contributed by atoms with van der Waals surface area (Å²) in [5.41, 5.74) is -0.515. The van der Waals surface area contributed by atoms with Crippen LogP contribution in [0.1, 0.15) is 17.2 Å². The van der Waals surface area contributed by atoms with Crippen molar-refractivity contribution in [1.29, 1.82) is 0 Å². The molecule has 2 rings (SSSR count). The molecule has 8 heteroatoms. The second-order valence-electron chi connectivity index (χ2n) is 4.65. The van der Waals surface area contributed by atoms with E-state index in [2.05, 4.69) is 4.98 Å². The van der Waals surface area contributed by atoms with Gasteiger partial charge in [0, 0.05) is 17.7 Å². The van der Waals surface area contributed by atoms with Crippen LogP contribution >= 0.6 is 0 Å². The quantitative estimate of drug-likeness (QED) is 0.609. The highest BCUT2D eigenvalue weighted by molar-refractivity contribution is 5.22. The van der Waals surface area contributed by atoms with Crippen molar-refractivity contribution >= 4 is 0 Å². The average molecular weight is 275 g/mol. The third kappa shape index (κ3) is 2.83. The van der Waals surface area contributed by atoms with Crippen LogP contribution < -0.4 is 0 Å². The Balaban J connectivity index is 2.24. The number of halogens is 3. The van der Waals surface area contributed by atoms with Crippen molar-refractivity contribution in [2.75, 3.05) is 20.1 Å².